The van der Waals surface area contributed by atoms with Crippen molar-refractivity contribution in [2.75, 3.05) is 13.2 Å². The molecular formula is C39H43NO13. The topological polar surface area (TPSA) is 170 Å². The van der Waals surface area contributed by atoms with E-state index in [2.05, 4.69) is 0 Å². The van der Waals surface area contributed by atoms with Crippen LogP contribution in [-0.4, -0.2) is 104 Å². The Hall–Kier alpha value is -4.25. The van der Waals surface area contributed by atoms with Crippen molar-refractivity contribution in [3.63, 3.8) is 0 Å². The highest BCUT2D eigenvalue weighted by molar-refractivity contribution is 5.91. The van der Waals surface area contributed by atoms with Crippen molar-refractivity contribution >= 4 is 17.9 Å². The highest BCUT2D eigenvalue weighted by atomic mass is 16.9. The maximum atomic E-state index is 13.5. The van der Waals surface area contributed by atoms with Crippen LogP contribution in [0, 0.1) is 0 Å². The third-order valence-electron chi connectivity index (χ3n) is 9.26. The van der Waals surface area contributed by atoms with Gasteiger partial charge in [0, 0.05) is 0 Å². The lowest BCUT2D eigenvalue weighted by Crippen LogP contribution is -2.65. The van der Waals surface area contributed by atoms with Gasteiger partial charge in [0.05, 0.1) is 29.3 Å². The zero-order valence-corrected chi connectivity index (χ0v) is 29.7. The van der Waals surface area contributed by atoms with Crippen LogP contribution >= 0.6 is 0 Å². The third-order valence-corrected chi connectivity index (χ3v) is 9.26. The van der Waals surface area contributed by atoms with Crippen LogP contribution in [0.2, 0.25) is 0 Å². The fourth-order valence-electron chi connectivity index (χ4n) is 6.86. The lowest BCUT2D eigenvalue weighted by Gasteiger charge is -2.44. The summed E-state index contributed by atoms with van der Waals surface area (Å²) in [6.45, 7) is 6.62. The number of nitrogens with two attached hydrogens (primary N) is 1. The second kappa shape index (κ2) is 15.2. The summed E-state index contributed by atoms with van der Waals surface area (Å²) in [5.74, 6) is -3.97. The second-order valence-electron chi connectivity index (χ2n) is 14.1. The molecule has 0 saturated carbocycles. The molecule has 4 saturated heterocycles. The Kier molecular flexibility index (Phi) is 10.7. The van der Waals surface area contributed by atoms with E-state index in [9.17, 15) is 14.4 Å². The minimum absolute atomic E-state index is 0.129. The summed E-state index contributed by atoms with van der Waals surface area (Å²) in [5, 5.41) is 0. The number of carbonyl (C=O) groups excluding carboxylic acids is 3. The van der Waals surface area contributed by atoms with E-state index in [0.717, 1.165) is 0 Å². The Morgan fingerprint density at radius 2 is 1.08 bits per heavy atom. The van der Waals surface area contributed by atoms with Crippen molar-refractivity contribution in [3.05, 3.63) is 108 Å². The van der Waals surface area contributed by atoms with Gasteiger partial charge in [-0.1, -0.05) is 54.6 Å². The van der Waals surface area contributed by atoms with Gasteiger partial charge >= 0.3 is 17.9 Å². The molecule has 10 atom stereocenters. The number of rotatable bonds is 10. The van der Waals surface area contributed by atoms with Crippen molar-refractivity contribution in [2.24, 2.45) is 5.73 Å². The summed E-state index contributed by atoms with van der Waals surface area (Å²) < 4.78 is 61.2. The fourth-order valence-corrected chi connectivity index (χ4v) is 6.86. The van der Waals surface area contributed by atoms with Crippen molar-refractivity contribution in [3.8, 4) is 0 Å². The Labute approximate surface area is 306 Å². The highest BCUT2D eigenvalue weighted by Crippen LogP contribution is 2.44. The first kappa shape index (κ1) is 37.1. The number of fused-ring (bicyclic) bond motifs is 3. The molecule has 7 rings (SSSR count). The smallest absolute Gasteiger partial charge is 0.338 e. The molecule has 14 nitrogen and oxygen atoms in total. The van der Waals surface area contributed by atoms with E-state index in [1.54, 1.807) is 119 Å². The molecule has 3 aromatic carbocycles. The Morgan fingerprint density at radius 3 is 1.66 bits per heavy atom. The number of benzene rings is 3. The molecule has 3 aromatic rings. The van der Waals surface area contributed by atoms with Crippen LogP contribution in [0.1, 0.15) is 58.8 Å². The summed E-state index contributed by atoms with van der Waals surface area (Å²) >= 11 is 0. The molecule has 4 fully saturated rings. The zero-order valence-electron chi connectivity index (χ0n) is 29.7. The van der Waals surface area contributed by atoms with E-state index in [4.69, 9.17) is 53.1 Å². The van der Waals surface area contributed by atoms with Crippen LogP contribution in [0.25, 0.3) is 0 Å². The van der Waals surface area contributed by atoms with Gasteiger partial charge in [0.1, 0.15) is 37.1 Å². The first-order valence-corrected chi connectivity index (χ1v) is 17.5. The molecule has 14 heteroatoms. The van der Waals surface area contributed by atoms with E-state index < -0.39 is 97.4 Å². The SMILES string of the molecule is CC1(C)O[C@H]2[C@@H](O1)[C@@H](CO[C@H]1O[C@H](COC(=O)c3ccccc3)[C@H](OC(=O)c3ccccc3)[C@H](OC(=O)c3ccccc3)[C@@H]1N)O[C@@H]1OC(C)(C)O[C@@H]12. The molecule has 4 heterocycles. The molecule has 4 aliphatic rings. The minimum atomic E-state index is -1.33. The summed E-state index contributed by atoms with van der Waals surface area (Å²) in [5.41, 5.74) is 7.55. The second-order valence-corrected chi connectivity index (χ2v) is 14.1. The van der Waals surface area contributed by atoms with Crippen LogP contribution in [0.4, 0.5) is 0 Å². The Bertz CT molecular complexity index is 1740. The van der Waals surface area contributed by atoms with E-state index in [1.807, 2.05) is 0 Å². The first-order valence-electron chi connectivity index (χ1n) is 17.5. The molecule has 0 unspecified atom stereocenters. The normalized spacial score (nSPS) is 32.5. The summed E-state index contributed by atoms with van der Waals surface area (Å²) in [7, 11) is 0. The largest absolute Gasteiger partial charge is 0.459 e. The average molecular weight is 734 g/mol. The van der Waals surface area contributed by atoms with E-state index in [-0.39, 0.29) is 17.7 Å². The van der Waals surface area contributed by atoms with Gasteiger partial charge in [0.2, 0.25) is 0 Å². The quantitative estimate of drug-likeness (QED) is 0.236. The van der Waals surface area contributed by atoms with Crippen LogP contribution in [0.5, 0.6) is 0 Å². The van der Waals surface area contributed by atoms with Gasteiger partial charge in [0.15, 0.2) is 36.4 Å². The average Bonchev–Trinajstić information content (AvgIpc) is 3.66. The van der Waals surface area contributed by atoms with Gasteiger partial charge in [0.25, 0.3) is 0 Å². The molecule has 282 valence electrons. The van der Waals surface area contributed by atoms with Gasteiger partial charge in [-0.2, -0.15) is 0 Å². The van der Waals surface area contributed by atoms with Crippen LogP contribution < -0.4 is 5.73 Å². The molecule has 0 bridgehead atoms. The molecule has 2 N–H and O–H groups in total. The predicted octanol–water partition coefficient (Wildman–Crippen LogP) is 3.76. The van der Waals surface area contributed by atoms with Gasteiger partial charge < -0.3 is 53.1 Å². The lowest BCUT2D eigenvalue weighted by atomic mass is 9.96. The molecule has 0 aliphatic carbocycles. The van der Waals surface area contributed by atoms with Gasteiger partial charge in [-0.05, 0) is 64.1 Å². The molecule has 53 heavy (non-hydrogen) atoms. The fraction of sp³-hybridized carbons (Fsp3) is 0.462. The lowest BCUT2D eigenvalue weighted by molar-refractivity contribution is -0.289. The number of carbonyl (C=O) groups is 3. The number of esters is 3. The van der Waals surface area contributed by atoms with Crippen molar-refractivity contribution in [2.45, 2.75) is 101 Å². The monoisotopic (exact) mass is 733 g/mol. The van der Waals surface area contributed by atoms with Crippen molar-refractivity contribution in [1.29, 1.82) is 0 Å². The van der Waals surface area contributed by atoms with E-state index >= 15 is 0 Å². The van der Waals surface area contributed by atoms with Crippen LogP contribution in [0.3, 0.4) is 0 Å². The summed E-state index contributed by atoms with van der Waals surface area (Å²) in [4.78, 5) is 40.0. The summed E-state index contributed by atoms with van der Waals surface area (Å²) in [6.07, 6.45) is -8.33. The van der Waals surface area contributed by atoms with Gasteiger partial charge in [-0.25, -0.2) is 14.4 Å². The predicted molar refractivity (Wildman–Crippen MR) is 183 cm³/mol. The number of ether oxygens (including phenoxy) is 10. The van der Waals surface area contributed by atoms with Crippen LogP contribution in [0.15, 0.2) is 91.0 Å². The van der Waals surface area contributed by atoms with Gasteiger partial charge in [-0.15, -0.1) is 0 Å². The molecule has 0 radical (unpaired) electrons. The maximum Gasteiger partial charge on any atom is 0.338 e. The molecule has 0 amide bonds. The molecule has 4 aliphatic heterocycles. The zero-order chi connectivity index (χ0) is 37.3. The maximum absolute atomic E-state index is 13.5. The van der Waals surface area contributed by atoms with Crippen LogP contribution in [-0.2, 0) is 47.4 Å². The minimum Gasteiger partial charge on any atom is -0.459 e. The summed E-state index contributed by atoms with van der Waals surface area (Å²) in [6, 6.07) is 23.7. The molecule has 0 spiro atoms. The van der Waals surface area contributed by atoms with E-state index in [1.165, 1.54) is 0 Å². The molecule has 0 aromatic heterocycles. The first-order chi connectivity index (χ1) is 25.4. The number of hydrogen-bond donors (Lipinski definition) is 1. The Morgan fingerprint density at radius 1 is 0.585 bits per heavy atom. The third kappa shape index (κ3) is 8.30. The Balaban J connectivity index is 1.16. The standard InChI is InChI=1S/C39H43NO13/c1-38(2)50-29-26(47-37-32(31(29)51-38)52-39(3,4)53-37)21-45-36-27(40)30(49-35(43)24-18-12-7-13-19-24)28(48-34(42)23-16-10-6-11-17-23)25(46-36)20-44-33(41)22-14-8-5-9-15-22/h5-19,25-32,36-37H,20-21,40H2,1-4H3/t25-,26-,27+,28+,29+,30-,31+,32-,36+,37-/m1/s1. The number of hydrogen-bond acceptors (Lipinski definition) is 14. The van der Waals surface area contributed by atoms with Gasteiger partial charge in [-0.3, -0.25) is 0 Å². The van der Waals surface area contributed by atoms with E-state index in [0.29, 0.717) is 5.56 Å². The highest BCUT2D eigenvalue weighted by Gasteiger charge is 2.61. The molecular weight excluding hydrogens is 690 g/mol. The van der Waals surface area contributed by atoms with Crippen molar-refractivity contribution in [1.82, 2.24) is 0 Å². The van der Waals surface area contributed by atoms with Crippen molar-refractivity contribution < 1.29 is 61.8 Å².